The quantitative estimate of drug-likeness (QED) is 0.636. The van der Waals surface area contributed by atoms with E-state index in [0.29, 0.717) is 24.3 Å². The van der Waals surface area contributed by atoms with Gasteiger partial charge in [-0.3, -0.25) is 9.78 Å². The molecule has 1 aromatic carbocycles. The number of aromatic nitrogens is 1. The van der Waals surface area contributed by atoms with E-state index >= 15 is 0 Å². The Morgan fingerprint density at radius 3 is 2.72 bits per heavy atom. The Bertz CT molecular complexity index is 774. The number of rotatable bonds is 3. The molecule has 25 heavy (non-hydrogen) atoms. The molecule has 5 heteroatoms. The van der Waals surface area contributed by atoms with Crippen LogP contribution < -0.4 is 4.74 Å². The molecule has 1 amide bonds. The van der Waals surface area contributed by atoms with E-state index in [1.807, 2.05) is 26.0 Å². The Kier molecular flexibility index (Phi) is 5.12. The van der Waals surface area contributed by atoms with Gasteiger partial charge in [0.15, 0.2) is 0 Å². The van der Waals surface area contributed by atoms with Gasteiger partial charge in [-0.15, -0.1) is 0 Å². The van der Waals surface area contributed by atoms with E-state index in [4.69, 9.17) is 4.74 Å². The highest BCUT2D eigenvalue weighted by molar-refractivity contribution is 5.96. The minimum atomic E-state index is -0.553. The monoisotopic (exact) mass is 338 g/mol. The van der Waals surface area contributed by atoms with Crippen LogP contribution in [0.3, 0.4) is 0 Å². The van der Waals surface area contributed by atoms with Crippen molar-refractivity contribution in [2.45, 2.75) is 39.2 Å². The summed E-state index contributed by atoms with van der Waals surface area (Å²) in [4.78, 5) is 31.0. The number of piperidine rings is 1. The van der Waals surface area contributed by atoms with Crippen LogP contribution in [0.5, 0.6) is 5.75 Å². The van der Waals surface area contributed by atoms with Gasteiger partial charge in [-0.25, -0.2) is 4.79 Å². The molecular formula is C20H22N2O3. The third-order valence-electron chi connectivity index (χ3n) is 4.64. The number of carbonyl (C=O) groups excluding carboxylic acids is 2. The van der Waals surface area contributed by atoms with Crippen molar-refractivity contribution in [1.29, 1.82) is 0 Å². The Balaban J connectivity index is 1.77. The van der Waals surface area contributed by atoms with Crippen LogP contribution in [0.2, 0.25) is 0 Å². The Labute approximate surface area is 147 Å². The van der Waals surface area contributed by atoms with Gasteiger partial charge in [0.2, 0.25) is 0 Å². The predicted molar refractivity (Wildman–Crippen MR) is 94.5 cm³/mol. The number of aryl methyl sites for hydroxylation is 2. The molecule has 2 heterocycles. The van der Waals surface area contributed by atoms with Gasteiger partial charge in [-0.2, -0.15) is 0 Å². The van der Waals surface area contributed by atoms with Crippen molar-refractivity contribution in [1.82, 2.24) is 9.88 Å². The van der Waals surface area contributed by atoms with Crippen LogP contribution in [0.4, 0.5) is 0 Å². The number of nitrogens with zero attached hydrogens (tertiary/aromatic N) is 2. The van der Waals surface area contributed by atoms with Crippen LogP contribution >= 0.6 is 0 Å². The van der Waals surface area contributed by atoms with Gasteiger partial charge >= 0.3 is 5.97 Å². The summed E-state index contributed by atoms with van der Waals surface area (Å²) < 4.78 is 5.56. The van der Waals surface area contributed by atoms with Crippen molar-refractivity contribution in [3.63, 3.8) is 0 Å². The number of benzene rings is 1. The highest BCUT2D eigenvalue weighted by Crippen LogP contribution is 2.23. The van der Waals surface area contributed by atoms with E-state index in [9.17, 15) is 9.59 Å². The molecular weight excluding hydrogens is 316 g/mol. The molecule has 0 spiro atoms. The summed E-state index contributed by atoms with van der Waals surface area (Å²) in [6.45, 7) is 4.54. The normalized spacial score (nSPS) is 17.2. The Morgan fingerprint density at radius 2 is 2.00 bits per heavy atom. The highest BCUT2D eigenvalue weighted by atomic mass is 16.5. The molecule has 0 aliphatic carbocycles. The molecule has 2 aromatic rings. The molecule has 1 unspecified atom stereocenters. The first-order valence-corrected chi connectivity index (χ1v) is 8.56. The number of hydrogen-bond donors (Lipinski definition) is 0. The second kappa shape index (κ2) is 7.47. The molecule has 1 aromatic heterocycles. The molecule has 0 saturated carbocycles. The summed E-state index contributed by atoms with van der Waals surface area (Å²) in [6, 6.07) is 8.45. The summed E-state index contributed by atoms with van der Waals surface area (Å²) in [5.41, 5.74) is 2.71. The molecule has 1 aliphatic rings. The maximum atomic E-state index is 12.7. The maximum Gasteiger partial charge on any atom is 0.334 e. The zero-order chi connectivity index (χ0) is 17.8. The number of amides is 1. The van der Waals surface area contributed by atoms with Gasteiger partial charge in [0.05, 0.1) is 5.56 Å². The van der Waals surface area contributed by atoms with Crippen molar-refractivity contribution in [3.05, 3.63) is 59.4 Å². The molecule has 1 atom stereocenters. The fraction of sp³-hybridized carbons (Fsp3) is 0.350. The first kappa shape index (κ1) is 17.1. The molecule has 0 radical (unpaired) electrons. The van der Waals surface area contributed by atoms with Crippen LogP contribution in [0.1, 0.15) is 40.7 Å². The number of carbonyl (C=O) groups is 2. The van der Waals surface area contributed by atoms with Gasteiger partial charge in [0.25, 0.3) is 5.91 Å². The average Bonchev–Trinajstić information content (AvgIpc) is 2.65. The van der Waals surface area contributed by atoms with Gasteiger partial charge in [0.1, 0.15) is 11.8 Å². The number of pyridine rings is 1. The van der Waals surface area contributed by atoms with Gasteiger partial charge in [0, 0.05) is 18.9 Å². The number of esters is 1. The number of hydrogen-bond acceptors (Lipinski definition) is 4. The third kappa shape index (κ3) is 3.87. The van der Waals surface area contributed by atoms with Gasteiger partial charge in [-0.05, 0) is 68.5 Å². The van der Waals surface area contributed by atoms with Crippen LogP contribution in [-0.4, -0.2) is 34.3 Å². The molecule has 0 bridgehead atoms. The fourth-order valence-electron chi connectivity index (χ4n) is 3.04. The molecule has 3 rings (SSSR count). The third-order valence-corrected chi connectivity index (χ3v) is 4.64. The number of likely N-dealkylation sites (tertiary alicyclic amines) is 1. The Morgan fingerprint density at radius 1 is 1.16 bits per heavy atom. The van der Waals surface area contributed by atoms with E-state index in [2.05, 4.69) is 4.98 Å². The van der Waals surface area contributed by atoms with Crippen molar-refractivity contribution >= 4 is 11.9 Å². The van der Waals surface area contributed by atoms with Crippen LogP contribution in [-0.2, 0) is 4.79 Å². The van der Waals surface area contributed by atoms with E-state index < -0.39 is 6.04 Å². The highest BCUT2D eigenvalue weighted by Gasteiger charge is 2.34. The van der Waals surface area contributed by atoms with E-state index in [1.165, 1.54) is 6.20 Å². The minimum Gasteiger partial charge on any atom is -0.425 e. The summed E-state index contributed by atoms with van der Waals surface area (Å²) in [7, 11) is 0. The molecule has 1 fully saturated rings. The molecule has 5 nitrogen and oxygen atoms in total. The average molecular weight is 338 g/mol. The standard InChI is InChI=1S/C20H22N2O3/c1-14-8-9-17(12-15(14)2)25-20(24)18-7-3-4-11-22(18)19(23)16-6-5-10-21-13-16/h5-6,8-10,12-13,18H,3-4,7,11H2,1-2H3. The largest absolute Gasteiger partial charge is 0.425 e. The van der Waals surface area contributed by atoms with Gasteiger partial charge in [-0.1, -0.05) is 6.07 Å². The Hall–Kier alpha value is -2.69. The van der Waals surface area contributed by atoms with E-state index in [-0.39, 0.29) is 11.9 Å². The summed E-state index contributed by atoms with van der Waals surface area (Å²) >= 11 is 0. The first-order chi connectivity index (χ1) is 12.1. The lowest BCUT2D eigenvalue weighted by molar-refractivity contribution is -0.140. The molecule has 1 saturated heterocycles. The zero-order valence-corrected chi connectivity index (χ0v) is 14.6. The van der Waals surface area contributed by atoms with E-state index in [1.54, 1.807) is 29.3 Å². The van der Waals surface area contributed by atoms with Crippen LogP contribution in [0.25, 0.3) is 0 Å². The number of ether oxygens (including phenoxy) is 1. The smallest absolute Gasteiger partial charge is 0.334 e. The lowest BCUT2D eigenvalue weighted by Gasteiger charge is -2.34. The van der Waals surface area contributed by atoms with Crippen LogP contribution in [0, 0.1) is 13.8 Å². The van der Waals surface area contributed by atoms with Gasteiger partial charge < -0.3 is 9.64 Å². The first-order valence-electron chi connectivity index (χ1n) is 8.56. The second-order valence-corrected chi connectivity index (χ2v) is 6.42. The second-order valence-electron chi connectivity index (χ2n) is 6.42. The lowest BCUT2D eigenvalue weighted by atomic mass is 10.0. The van der Waals surface area contributed by atoms with Crippen molar-refractivity contribution in [3.8, 4) is 5.75 Å². The zero-order valence-electron chi connectivity index (χ0n) is 14.6. The summed E-state index contributed by atoms with van der Waals surface area (Å²) in [6.07, 6.45) is 5.57. The SMILES string of the molecule is Cc1ccc(OC(=O)C2CCCCN2C(=O)c2cccnc2)cc1C. The lowest BCUT2D eigenvalue weighted by Crippen LogP contribution is -2.49. The maximum absolute atomic E-state index is 12.7. The summed E-state index contributed by atoms with van der Waals surface area (Å²) in [5, 5.41) is 0. The van der Waals surface area contributed by atoms with E-state index in [0.717, 1.165) is 24.0 Å². The minimum absolute atomic E-state index is 0.171. The predicted octanol–water partition coefficient (Wildman–Crippen LogP) is 3.30. The molecule has 0 N–H and O–H groups in total. The topological polar surface area (TPSA) is 59.5 Å². The fourth-order valence-corrected chi connectivity index (χ4v) is 3.04. The summed E-state index contributed by atoms with van der Waals surface area (Å²) in [5.74, 6) is -0.0255. The van der Waals surface area contributed by atoms with Crippen molar-refractivity contribution in [2.24, 2.45) is 0 Å². The molecule has 1 aliphatic heterocycles. The van der Waals surface area contributed by atoms with Crippen LogP contribution in [0.15, 0.2) is 42.7 Å². The van der Waals surface area contributed by atoms with Crippen molar-refractivity contribution in [2.75, 3.05) is 6.54 Å². The van der Waals surface area contributed by atoms with Crippen molar-refractivity contribution < 1.29 is 14.3 Å². The molecule has 130 valence electrons.